The zero-order valence-corrected chi connectivity index (χ0v) is 16.2. The second-order valence-electron chi connectivity index (χ2n) is 6.59. The second kappa shape index (κ2) is 8.54. The van der Waals surface area contributed by atoms with Crippen molar-refractivity contribution in [3.63, 3.8) is 0 Å². The molecule has 0 unspecified atom stereocenters. The SMILES string of the molecule is CNC(=O)c1nn(CN(C)Cc2ccccc2OC(F)(F)F)c(=O)c2ccccc12. The van der Waals surface area contributed by atoms with Gasteiger partial charge in [-0.25, -0.2) is 4.68 Å². The molecule has 0 fully saturated rings. The highest BCUT2D eigenvalue weighted by Gasteiger charge is 2.32. The van der Waals surface area contributed by atoms with Crippen molar-refractivity contribution in [1.29, 1.82) is 0 Å². The Kier molecular flexibility index (Phi) is 6.06. The minimum Gasteiger partial charge on any atom is -0.405 e. The summed E-state index contributed by atoms with van der Waals surface area (Å²) in [4.78, 5) is 26.6. The summed E-state index contributed by atoms with van der Waals surface area (Å²) >= 11 is 0. The van der Waals surface area contributed by atoms with E-state index in [2.05, 4.69) is 15.2 Å². The van der Waals surface area contributed by atoms with Crippen molar-refractivity contribution < 1.29 is 22.7 Å². The lowest BCUT2D eigenvalue weighted by Crippen LogP contribution is -2.34. The van der Waals surface area contributed by atoms with Crippen LogP contribution in [-0.2, 0) is 13.2 Å². The van der Waals surface area contributed by atoms with Crippen molar-refractivity contribution >= 4 is 16.7 Å². The number of carbonyl (C=O) groups excluding carboxylic acids is 1. The molecule has 7 nitrogen and oxygen atoms in total. The summed E-state index contributed by atoms with van der Waals surface area (Å²) in [5, 5.41) is 7.40. The molecule has 3 aromatic rings. The number of nitrogens with zero attached hydrogens (tertiary/aromatic N) is 3. The molecule has 0 radical (unpaired) electrons. The normalized spacial score (nSPS) is 11.7. The first kappa shape index (κ1) is 21.3. The molecule has 0 aliphatic heterocycles. The van der Waals surface area contributed by atoms with Crippen LogP contribution in [0.1, 0.15) is 16.1 Å². The highest BCUT2D eigenvalue weighted by molar-refractivity contribution is 6.04. The Morgan fingerprint density at radius 2 is 1.77 bits per heavy atom. The summed E-state index contributed by atoms with van der Waals surface area (Å²) in [7, 11) is 3.07. The van der Waals surface area contributed by atoms with Gasteiger partial charge in [-0.1, -0.05) is 36.4 Å². The van der Waals surface area contributed by atoms with Crippen molar-refractivity contribution in [3.8, 4) is 5.75 Å². The molecule has 1 heterocycles. The Bertz CT molecular complexity index is 1130. The van der Waals surface area contributed by atoms with E-state index in [0.29, 0.717) is 10.8 Å². The first-order chi connectivity index (χ1) is 14.2. The molecule has 0 atom stereocenters. The van der Waals surface area contributed by atoms with Gasteiger partial charge in [0.05, 0.1) is 12.1 Å². The minimum atomic E-state index is -4.81. The summed E-state index contributed by atoms with van der Waals surface area (Å²) in [6, 6.07) is 12.4. The third kappa shape index (κ3) is 4.77. The fraction of sp³-hybridized carbons (Fsp3) is 0.250. The molecule has 2 aromatic carbocycles. The number of amides is 1. The number of fused-ring (bicyclic) bond motifs is 1. The van der Waals surface area contributed by atoms with E-state index in [0.717, 1.165) is 4.68 Å². The third-order valence-electron chi connectivity index (χ3n) is 4.32. The minimum absolute atomic E-state index is 0.0476. The van der Waals surface area contributed by atoms with E-state index in [9.17, 15) is 22.8 Å². The molecule has 10 heteroatoms. The monoisotopic (exact) mass is 420 g/mol. The molecular weight excluding hydrogens is 401 g/mol. The maximum atomic E-state index is 12.8. The Morgan fingerprint density at radius 1 is 1.13 bits per heavy atom. The predicted molar refractivity (Wildman–Crippen MR) is 104 cm³/mol. The van der Waals surface area contributed by atoms with Crippen molar-refractivity contribution in [2.75, 3.05) is 14.1 Å². The van der Waals surface area contributed by atoms with E-state index >= 15 is 0 Å². The lowest BCUT2D eigenvalue weighted by Gasteiger charge is -2.20. The van der Waals surface area contributed by atoms with Gasteiger partial charge in [0.25, 0.3) is 11.5 Å². The maximum absolute atomic E-state index is 12.8. The molecule has 158 valence electrons. The van der Waals surface area contributed by atoms with Crippen LogP contribution in [0.15, 0.2) is 53.3 Å². The van der Waals surface area contributed by atoms with E-state index in [1.165, 1.54) is 25.2 Å². The summed E-state index contributed by atoms with van der Waals surface area (Å²) in [6.07, 6.45) is -4.81. The largest absolute Gasteiger partial charge is 0.573 e. The molecule has 0 bridgehead atoms. The standard InChI is InChI=1S/C20H19F3N4O3/c1-24-18(28)17-14-8-4-5-9-15(14)19(29)27(25-17)12-26(2)11-13-7-3-6-10-16(13)30-20(21,22)23/h3-10H,11-12H2,1-2H3,(H,24,28). The number of alkyl halides is 3. The van der Waals surface area contributed by atoms with Crippen LogP contribution >= 0.6 is 0 Å². The van der Waals surface area contributed by atoms with Crippen LogP contribution in [0.5, 0.6) is 5.75 Å². The van der Waals surface area contributed by atoms with Crippen molar-refractivity contribution in [1.82, 2.24) is 20.0 Å². The first-order valence-electron chi connectivity index (χ1n) is 8.93. The van der Waals surface area contributed by atoms with Gasteiger partial charge in [-0.05, 0) is 19.2 Å². The maximum Gasteiger partial charge on any atom is 0.573 e. The Balaban J connectivity index is 1.91. The number of hydrogen-bond acceptors (Lipinski definition) is 5. The molecular formula is C20H19F3N4O3. The number of rotatable bonds is 6. The van der Waals surface area contributed by atoms with Gasteiger partial charge in [-0.15, -0.1) is 13.2 Å². The third-order valence-corrected chi connectivity index (χ3v) is 4.32. The van der Waals surface area contributed by atoms with Crippen LogP contribution in [0.25, 0.3) is 10.8 Å². The van der Waals surface area contributed by atoms with Crippen molar-refractivity contribution in [2.24, 2.45) is 0 Å². The molecule has 0 spiro atoms. The summed E-state index contributed by atoms with van der Waals surface area (Å²) in [5.41, 5.74) is -0.0375. The van der Waals surface area contributed by atoms with E-state index in [1.54, 1.807) is 42.3 Å². The van der Waals surface area contributed by atoms with Gasteiger partial charge in [0, 0.05) is 24.5 Å². The highest BCUT2D eigenvalue weighted by Crippen LogP contribution is 2.27. The molecule has 0 aliphatic rings. The number of halogens is 3. The van der Waals surface area contributed by atoms with Crippen LogP contribution in [0.2, 0.25) is 0 Å². The van der Waals surface area contributed by atoms with E-state index < -0.39 is 17.8 Å². The predicted octanol–water partition coefficient (Wildman–Crippen LogP) is 2.74. The topological polar surface area (TPSA) is 76.5 Å². The van der Waals surface area contributed by atoms with Gasteiger partial charge in [0.2, 0.25) is 0 Å². The van der Waals surface area contributed by atoms with Crippen LogP contribution in [0.4, 0.5) is 13.2 Å². The fourth-order valence-corrected chi connectivity index (χ4v) is 3.05. The van der Waals surface area contributed by atoms with Crippen molar-refractivity contribution in [3.05, 3.63) is 70.1 Å². The molecule has 1 amide bonds. The fourth-order valence-electron chi connectivity index (χ4n) is 3.05. The number of para-hydroxylation sites is 1. The van der Waals surface area contributed by atoms with Gasteiger partial charge >= 0.3 is 6.36 Å². The molecule has 0 saturated carbocycles. The number of ether oxygens (including phenoxy) is 1. The zero-order valence-electron chi connectivity index (χ0n) is 16.2. The van der Waals surface area contributed by atoms with Crippen molar-refractivity contribution in [2.45, 2.75) is 19.6 Å². The Morgan fingerprint density at radius 3 is 2.43 bits per heavy atom. The number of benzene rings is 2. The molecule has 30 heavy (non-hydrogen) atoms. The molecule has 1 N–H and O–H groups in total. The molecule has 3 rings (SSSR count). The number of nitrogens with one attached hydrogen (secondary N) is 1. The number of hydrogen-bond donors (Lipinski definition) is 1. The average Bonchev–Trinajstić information content (AvgIpc) is 2.70. The summed E-state index contributed by atoms with van der Waals surface area (Å²) in [6.45, 7) is 0.0104. The second-order valence-corrected chi connectivity index (χ2v) is 6.59. The van der Waals surface area contributed by atoms with Gasteiger partial charge in [0.15, 0.2) is 5.69 Å². The van der Waals surface area contributed by atoms with Crippen LogP contribution < -0.4 is 15.6 Å². The lowest BCUT2D eigenvalue weighted by atomic mass is 10.1. The van der Waals surface area contributed by atoms with Gasteiger partial charge in [0.1, 0.15) is 5.75 Å². The van der Waals surface area contributed by atoms with Crippen LogP contribution in [-0.4, -0.2) is 41.0 Å². The first-order valence-corrected chi connectivity index (χ1v) is 8.93. The van der Waals surface area contributed by atoms with E-state index in [-0.39, 0.29) is 30.2 Å². The Labute approximate surface area is 169 Å². The Hall–Kier alpha value is -3.40. The van der Waals surface area contributed by atoms with Crippen LogP contribution in [0.3, 0.4) is 0 Å². The van der Waals surface area contributed by atoms with Gasteiger partial charge < -0.3 is 10.1 Å². The van der Waals surface area contributed by atoms with E-state index in [4.69, 9.17) is 0 Å². The smallest absolute Gasteiger partial charge is 0.405 e. The average molecular weight is 420 g/mol. The van der Waals surface area contributed by atoms with E-state index in [1.807, 2.05) is 0 Å². The highest BCUT2D eigenvalue weighted by atomic mass is 19.4. The zero-order chi connectivity index (χ0) is 21.9. The lowest BCUT2D eigenvalue weighted by molar-refractivity contribution is -0.275. The molecule has 1 aromatic heterocycles. The number of carbonyl (C=O) groups is 1. The molecule has 0 saturated heterocycles. The quantitative estimate of drug-likeness (QED) is 0.664. The van der Waals surface area contributed by atoms with Gasteiger partial charge in [-0.3, -0.25) is 14.5 Å². The summed E-state index contributed by atoms with van der Waals surface area (Å²) in [5.74, 6) is -0.770. The summed E-state index contributed by atoms with van der Waals surface area (Å²) < 4.78 is 43.1. The number of aromatic nitrogens is 2. The van der Waals surface area contributed by atoms with Gasteiger partial charge in [-0.2, -0.15) is 5.10 Å². The molecule has 0 aliphatic carbocycles. The van der Waals surface area contributed by atoms with Crippen LogP contribution in [0, 0.1) is 0 Å².